The average molecular weight is 372 g/mol. The molecule has 0 aliphatic carbocycles. The lowest BCUT2D eigenvalue weighted by atomic mass is 9.89. The van der Waals surface area contributed by atoms with E-state index in [0.717, 1.165) is 30.0 Å². The summed E-state index contributed by atoms with van der Waals surface area (Å²) in [5.41, 5.74) is 5.08. The number of methoxy groups -OCH3 is 2. The molecule has 0 N–H and O–H groups in total. The Balaban J connectivity index is 2.09. The van der Waals surface area contributed by atoms with E-state index in [1.54, 1.807) is 14.2 Å². The maximum atomic E-state index is 5.72. The summed E-state index contributed by atoms with van der Waals surface area (Å²) in [5, 5.41) is 7.76. The van der Waals surface area contributed by atoms with E-state index in [1.807, 2.05) is 0 Å². The van der Waals surface area contributed by atoms with Gasteiger partial charge in [-0.05, 0) is 77.2 Å². The van der Waals surface area contributed by atoms with Crippen molar-refractivity contribution in [2.24, 2.45) is 0 Å². The molecule has 0 amide bonds. The molecule has 0 unspecified atom stereocenters. The van der Waals surface area contributed by atoms with Crippen LogP contribution in [0, 0.1) is 20.8 Å². The van der Waals surface area contributed by atoms with Crippen LogP contribution in [0.5, 0.6) is 11.5 Å². The Morgan fingerprint density at radius 2 is 1.43 bits per heavy atom. The number of pyridine rings is 1. The van der Waals surface area contributed by atoms with Gasteiger partial charge in [0.2, 0.25) is 0 Å². The molecule has 0 radical (unpaired) electrons. The summed E-state index contributed by atoms with van der Waals surface area (Å²) in [4.78, 5) is 0. The number of hydrogen-bond acceptors (Lipinski definition) is 2. The van der Waals surface area contributed by atoms with E-state index in [1.165, 1.54) is 55.6 Å². The highest BCUT2D eigenvalue weighted by Crippen LogP contribution is 2.42. The molecule has 28 heavy (non-hydrogen) atoms. The second-order valence-electron chi connectivity index (χ2n) is 8.01. The number of hydrogen-bond donors (Lipinski definition) is 0. The number of nitrogens with zero attached hydrogens (tertiary/aromatic N) is 1. The van der Waals surface area contributed by atoms with E-state index in [-0.39, 0.29) is 0 Å². The molecular formula is C25H26NO2+. The van der Waals surface area contributed by atoms with Crippen molar-refractivity contribution in [3.63, 3.8) is 0 Å². The minimum absolute atomic E-state index is 0.946. The first-order valence-electron chi connectivity index (χ1n) is 9.97. The van der Waals surface area contributed by atoms with Gasteiger partial charge in [-0.1, -0.05) is 0 Å². The van der Waals surface area contributed by atoms with E-state index in [9.17, 15) is 0 Å². The van der Waals surface area contributed by atoms with Crippen molar-refractivity contribution < 1.29 is 14.0 Å². The zero-order valence-electron chi connectivity index (χ0n) is 17.3. The van der Waals surface area contributed by atoms with E-state index >= 15 is 0 Å². The van der Waals surface area contributed by atoms with Crippen LogP contribution in [0.3, 0.4) is 0 Å². The van der Waals surface area contributed by atoms with E-state index in [0.29, 0.717) is 0 Å². The molecule has 0 spiro atoms. The Bertz CT molecular complexity index is 1290. The topological polar surface area (TPSA) is 22.3 Å². The fourth-order valence-electron chi connectivity index (χ4n) is 4.92. The summed E-state index contributed by atoms with van der Waals surface area (Å²) in [6, 6.07) is 9.12. The fraction of sp³-hybridized carbons (Fsp3) is 0.320. The average Bonchev–Trinajstić information content (AvgIpc) is 3.16. The molecular weight excluding hydrogens is 346 g/mol. The van der Waals surface area contributed by atoms with Crippen LogP contribution in [-0.2, 0) is 13.0 Å². The van der Waals surface area contributed by atoms with Gasteiger partial charge in [-0.3, -0.25) is 0 Å². The molecule has 1 aliphatic heterocycles. The number of benzene rings is 3. The van der Waals surface area contributed by atoms with E-state index in [2.05, 4.69) is 55.8 Å². The highest BCUT2D eigenvalue weighted by Gasteiger charge is 2.23. The fourth-order valence-corrected chi connectivity index (χ4v) is 4.92. The molecule has 0 saturated heterocycles. The SMILES string of the molecule is COc1cc2c3c[n+]4c(cc3c3cc(OC)c(C)c(C)c3c2cc1C)CCC4. The predicted octanol–water partition coefficient (Wildman–Crippen LogP) is 5.32. The molecule has 1 aromatic heterocycles. The summed E-state index contributed by atoms with van der Waals surface area (Å²) in [7, 11) is 3.52. The zero-order valence-corrected chi connectivity index (χ0v) is 17.3. The van der Waals surface area contributed by atoms with Gasteiger partial charge >= 0.3 is 0 Å². The number of aryl methyl sites for hydroxylation is 4. The van der Waals surface area contributed by atoms with Crippen molar-refractivity contribution >= 4 is 32.3 Å². The monoisotopic (exact) mass is 372 g/mol. The first-order chi connectivity index (χ1) is 13.5. The van der Waals surface area contributed by atoms with Crippen molar-refractivity contribution in [3.8, 4) is 11.5 Å². The van der Waals surface area contributed by atoms with Crippen LogP contribution in [0.15, 0.2) is 30.5 Å². The molecule has 1 aliphatic rings. The van der Waals surface area contributed by atoms with Crippen LogP contribution < -0.4 is 14.0 Å². The third-order valence-electron chi connectivity index (χ3n) is 6.54. The molecule has 3 heteroatoms. The van der Waals surface area contributed by atoms with Gasteiger partial charge in [0.25, 0.3) is 0 Å². The molecule has 142 valence electrons. The molecule has 3 nitrogen and oxygen atoms in total. The first-order valence-corrected chi connectivity index (χ1v) is 9.97. The zero-order chi connectivity index (χ0) is 19.6. The van der Waals surface area contributed by atoms with Crippen molar-refractivity contribution in [1.29, 1.82) is 0 Å². The smallest absolute Gasteiger partial charge is 0.182 e. The number of fused-ring (bicyclic) bond motifs is 7. The number of rotatable bonds is 2. The molecule has 4 aromatic rings. The number of ether oxygens (including phenoxy) is 2. The Kier molecular flexibility index (Phi) is 3.77. The summed E-state index contributed by atoms with van der Waals surface area (Å²) >= 11 is 0. The van der Waals surface area contributed by atoms with Crippen molar-refractivity contribution in [2.45, 2.75) is 40.2 Å². The maximum Gasteiger partial charge on any atom is 0.182 e. The predicted molar refractivity (Wildman–Crippen MR) is 115 cm³/mol. The van der Waals surface area contributed by atoms with Crippen LogP contribution in [0.1, 0.15) is 28.8 Å². The second-order valence-corrected chi connectivity index (χ2v) is 8.01. The molecule has 0 bridgehead atoms. The Hall–Kier alpha value is -2.81. The van der Waals surface area contributed by atoms with E-state index < -0.39 is 0 Å². The minimum Gasteiger partial charge on any atom is -0.496 e. The summed E-state index contributed by atoms with van der Waals surface area (Å²) in [5.74, 6) is 1.91. The standard InChI is InChI=1S/C25H26NO2/c1-14-9-20-19(11-23(14)27-4)22-13-26-8-6-7-17(26)10-18(22)21-12-24(28-5)15(2)16(3)25(20)21/h9-13H,6-8H2,1-5H3/q+1. The third kappa shape index (κ3) is 2.25. The highest BCUT2D eigenvalue weighted by molar-refractivity contribution is 6.26. The van der Waals surface area contributed by atoms with Crippen LogP contribution in [0.2, 0.25) is 0 Å². The van der Waals surface area contributed by atoms with Gasteiger partial charge in [0.1, 0.15) is 18.0 Å². The highest BCUT2D eigenvalue weighted by atomic mass is 16.5. The van der Waals surface area contributed by atoms with Crippen molar-refractivity contribution in [3.05, 3.63) is 52.8 Å². The first kappa shape index (κ1) is 17.3. The number of aromatic nitrogens is 1. The van der Waals surface area contributed by atoms with Gasteiger partial charge in [0.15, 0.2) is 11.9 Å². The van der Waals surface area contributed by atoms with Crippen LogP contribution in [-0.4, -0.2) is 14.2 Å². The molecule has 0 fully saturated rings. The van der Waals surface area contributed by atoms with Crippen LogP contribution in [0.25, 0.3) is 32.3 Å². The van der Waals surface area contributed by atoms with Gasteiger partial charge in [-0.15, -0.1) is 0 Å². The Labute approximate surface area is 165 Å². The lowest BCUT2D eigenvalue weighted by molar-refractivity contribution is -0.689. The maximum absolute atomic E-state index is 5.72. The lowest BCUT2D eigenvalue weighted by Gasteiger charge is -2.17. The van der Waals surface area contributed by atoms with Gasteiger partial charge in [-0.25, -0.2) is 4.57 Å². The lowest BCUT2D eigenvalue weighted by Crippen LogP contribution is -2.32. The van der Waals surface area contributed by atoms with E-state index in [4.69, 9.17) is 9.47 Å². The third-order valence-corrected chi connectivity index (χ3v) is 6.54. The summed E-state index contributed by atoms with van der Waals surface area (Å²) in [6.45, 7) is 7.59. The van der Waals surface area contributed by atoms with Gasteiger partial charge in [0.05, 0.1) is 19.6 Å². The Morgan fingerprint density at radius 3 is 2.18 bits per heavy atom. The quantitative estimate of drug-likeness (QED) is 0.351. The van der Waals surface area contributed by atoms with Crippen molar-refractivity contribution in [1.82, 2.24) is 0 Å². The van der Waals surface area contributed by atoms with Crippen molar-refractivity contribution in [2.75, 3.05) is 14.2 Å². The molecule has 2 heterocycles. The van der Waals surface area contributed by atoms with Crippen LogP contribution >= 0.6 is 0 Å². The molecule has 0 atom stereocenters. The minimum atomic E-state index is 0.946. The van der Waals surface area contributed by atoms with Crippen LogP contribution in [0.4, 0.5) is 0 Å². The van der Waals surface area contributed by atoms with Gasteiger partial charge in [-0.2, -0.15) is 0 Å². The summed E-state index contributed by atoms with van der Waals surface area (Å²) < 4.78 is 13.8. The molecule has 3 aromatic carbocycles. The Morgan fingerprint density at radius 1 is 0.750 bits per heavy atom. The molecule has 5 rings (SSSR count). The molecule has 0 saturated carbocycles. The van der Waals surface area contributed by atoms with Gasteiger partial charge < -0.3 is 9.47 Å². The van der Waals surface area contributed by atoms with Gasteiger partial charge in [0, 0.05) is 24.3 Å². The second kappa shape index (κ2) is 6.10. The normalized spacial score (nSPS) is 13.5. The summed E-state index contributed by atoms with van der Waals surface area (Å²) in [6.07, 6.45) is 4.71. The largest absolute Gasteiger partial charge is 0.496 e.